The van der Waals surface area contributed by atoms with Crippen LogP contribution >= 0.6 is 0 Å². The highest BCUT2D eigenvalue weighted by atomic mass is 32.2. The summed E-state index contributed by atoms with van der Waals surface area (Å²) in [4.78, 5) is 11.8. The monoisotopic (exact) mass is 429 g/mol. The number of H-pyrrole nitrogens is 1. The summed E-state index contributed by atoms with van der Waals surface area (Å²) < 4.78 is 57.4. The summed E-state index contributed by atoms with van der Waals surface area (Å²) in [5.74, 6) is 0.138. The molecule has 6 nitrogen and oxygen atoms in total. The minimum atomic E-state index is -4.45. The first kappa shape index (κ1) is 21.5. The molecule has 0 bridgehead atoms. The van der Waals surface area contributed by atoms with Gasteiger partial charge in [-0.15, -0.1) is 0 Å². The van der Waals surface area contributed by atoms with E-state index in [1.165, 1.54) is 0 Å². The smallest absolute Gasteiger partial charge is 0.342 e. The number of rotatable bonds is 6. The van der Waals surface area contributed by atoms with E-state index in [0.29, 0.717) is 17.9 Å². The second-order valence-electron chi connectivity index (χ2n) is 7.27. The van der Waals surface area contributed by atoms with Gasteiger partial charge >= 0.3 is 6.18 Å². The molecule has 1 aliphatic rings. The van der Waals surface area contributed by atoms with Crippen LogP contribution in [0, 0.1) is 5.92 Å². The quantitative estimate of drug-likeness (QED) is 0.604. The van der Waals surface area contributed by atoms with E-state index in [1.807, 2.05) is 17.2 Å². The van der Waals surface area contributed by atoms with Gasteiger partial charge in [-0.05, 0) is 49.1 Å². The summed E-state index contributed by atoms with van der Waals surface area (Å²) in [6, 6.07) is 8.40. The van der Waals surface area contributed by atoms with Gasteiger partial charge in [-0.1, -0.05) is 24.3 Å². The Labute approximate surface area is 168 Å². The predicted octanol–water partition coefficient (Wildman–Crippen LogP) is 4.05. The first-order chi connectivity index (χ1) is 13.7. The zero-order valence-corrected chi connectivity index (χ0v) is 16.4. The number of amides is 1. The fourth-order valence-corrected chi connectivity index (χ4v) is 4.00. The van der Waals surface area contributed by atoms with E-state index >= 15 is 0 Å². The van der Waals surface area contributed by atoms with E-state index < -0.39 is 23.0 Å². The molecule has 1 heterocycles. The largest absolute Gasteiger partial charge is 0.432 e. The molecule has 10 heteroatoms. The number of carbonyl (C=O) groups excluding carboxylic acids is 1. The lowest BCUT2D eigenvalue weighted by Gasteiger charge is -2.28. The van der Waals surface area contributed by atoms with E-state index in [0.717, 1.165) is 37.3 Å². The molecule has 158 valence electrons. The Morgan fingerprint density at radius 3 is 2.41 bits per heavy atom. The van der Waals surface area contributed by atoms with Crippen LogP contribution in [-0.2, 0) is 22.1 Å². The summed E-state index contributed by atoms with van der Waals surface area (Å²) in [5, 5.41) is 8.20. The fraction of sp³-hybridized carbons (Fsp3) is 0.474. The van der Waals surface area contributed by atoms with E-state index in [4.69, 9.17) is 4.55 Å². The SMILES string of the molecule is O=C(CC1CCC(c2ccc(-c3cc(C(F)(F)F)[nH]n3)cc2)CC1)NCS(=O)O. The van der Waals surface area contributed by atoms with Crippen molar-refractivity contribution in [3.8, 4) is 11.3 Å². The Hall–Kier alpha value is -2.20. The van der Waals surface area contributed by atoms with Gasteiger partial charge in [0.15, 0.2) is 11.1 Å². The highest BCUT2D eigenvalue weighted by Gasteiger charge is 2.33. The molecule has 1 unspecified atom stereocenters. The second kappa shape index (κ2) is 9.08. The van der Waals surface area contributed by atoms with Crippen molar-refractivity contribution in [3.05, 3.63) is 41.6 Å². The summed E-state index contributed by atoms with van der Waals surface area (Å²) in [7, 11) is 0. The van der Waals surface area contributed by atoms with Crippen LogP contribution in [0.15, 0.2) is 30.3 Å². The van der Waals surface area contributed by atoms with Crippen molar-refractivity contribution < 1.29 is 26.7 Å². The van der Waals surface area contributed by atoms with Gasteiger partial charge in [-0.2, -0.15) is 18.3 Å². The molecule has 0 saturated heterocycles. The molecule has 1 fully saturated rings. The van der Waals surface area contributed by atoms with Crippen LogP contribution in [0.3, 0.4) is 0 Å². The maximum atomic E-state index is 12.7. The fourth-order valence-electron chi connectivity index (χ4n) is 3.72. The van der Waals surface area contributed by atoms with E-state index in [9.17, 15) is 22.2 Å². The van der Waals surface area contributed by atoms with Crippen molar-refractivity contribution in [2.24, 2.45) is 5.92 Å². The third kappa shape index (κ3) is 5.89. The number of nitrogens with zero attached hydrogens (tertiary/aromatic N) is 1. The number of alkyl halides is 3. The molecule has 1 amide bonds. The van der Waals surface area contributed by atoms with Crippen molar-refractivity contribution in [2.45, 2.75) is 44.2 Å². The van der Waals surface area contributed by atoms with Crippen LogP contribution in [0.4, 0.5) is 13.2 Å². The number of halogens is 3. The summed E-state index contributed by atoms with van der Waals surface area (Å²) in [6.45, 7) is 0. The van der Waals surface area contributed by atoms with Crippen LogP contribution in [0.2, 0.25) is 0 Å². The molecule has 3 N–H and O–H groups in total. The number of carbonyl (C=O) groups is 1. The lowest BCUT2D eigenvalue weighted by molar-refractivity contribution is -0.141. The Balaban J connectivity index is 1.53. The molecular formula is C19H22F3N3O3S. The van der Waals surface area contributed by atoms with Crippen LogP contribution in [0.25, 0.3) is 11.3 Å². The topological polar surface area (TPSA) is 95.1 Å². The lowest BCUT2D eigenvalue weighted by Crippen LogP contribution is -2.29. The lowest BCUT2D eigenvalue weighted by atomic mass is 9.77. The Kier molecular flexibility index (Phi) is 6.74. The van der Waals surface area contributed by atoms with Crippen molar-refractivity contribution in [3.63, 3.8) is 0 Å². The van der Waals surface area contributed by atoms with Gasteiger partial charge in [-0.25, -0.2) is 4.21 Å². The molecule has 1 aromatic heterocycles. The molecule has 0 spiro atoms. The molecule has 29 heavy (non-hydrogen) atoms. The first-order valence-corrected chi connectivity index (χ1v) is 10.6. The summed E-state index contributed by atoms with van der Waals surface area (Å²) in [5.41, 5.74) is 1.12. The minimum absolute atomic E-state index is 0.211. The third-order valence-electron chi connectivity index (χ3n) is 5.27. The van der Waals surface area contributed by atoms with Gasteiger partial charge in [0.2, 0.25) is 5.91 Å². The standard InChI is InChI=1S/C19H22F3N3O3S/c20-19(21,22)17-10-16(24-25-17)15-7-5-14(6-8-15)13-3-1-12(2-4-13)9-18(26)23-11-29(27)28/h5-8,10,12-13H,1-4,9,11H2,(H,23,26)(H,24,25)(H,27,28). The van der Waals surface area contributed by atoms with Crippen LogP contribution in [0.1, 0.15) is 49.3 Å². The Morgan fingerprint density at radius 1 is 1.21 bits per heavy atom. The number of aromatic amines is 1. The average molecular weight is 429 g/mol. The first-order valence-electron chi connectivity index (χ1n) is 9.29. The molecule has 1 aromatic carbocycles. The van der Waals surface area contributed by atoms with Gasteiger partial charge < -0.3 is 9.87 Å². The third-order valence-corrected chi connectivity index (χ3v) is 5.67. The maximum absolute atomic E-state index is 12.7. The van der Waals surface area contributed by atoms with Crippen LogP contribution in [0.5, 0.6) is 0 Å². The summed E-state index contributed by atoms with van der Waals surface area (Å²) in [6.07, 6.45) is -0.486. The van der Waals surface area contributed by atoms with Gasteiger partial charge in [0.05, 0.1) is 5.69 Å². The number of nitrogens with one attached hydrogen (secondary N) is 2. The number of hydrogen-bond acceptors (Lipinski definition) is 3. The van der Waals surface area contributed by atoms with Gasteiger partial charge in [0, 0.05) is 12.0 Å². The number of hydrogen-bond donors (Lipinski definition) is 3. The molecule has 1 saturated carbocycles. The molecule has 0 aliphatic heterocycles. The normalized spacial score (nSPS) is 21.0. The maximum Gasteiger partial charge on any atom is 0.432 e. The van der Waals surface area contributed by atoms with Crippen molar-refractivity contribution in [1.29, 1.82) is 0 Å². The minimum Gasteiger partial charge on any atom is -0.342 e. The van der Waals surface area contributed by atoms with Crippen molar-refractivity contribution in [1.82, 2.24) is 15.5 Å². The number of benzene rings is 1. The van der Waals surface area contributed by atoms with Crippen LogP contribution < -0.4 is 5.32 Å². The van der Waals surface area contributed by atoms with E-state index in [1.54, 1.807) is 12.1 Å². The number of aromatic nitrogens is 2. The van der Waals surface area contributed by atoms with E-state index in [2.05, 4.69) is 10.4 Å². The summed E-state index contributed by atoms with van der Waals surface area (Å²) >= 11 is -2.04. The molecule has 0 radical (unpaired) electrons. The van der Waals surface area contributed by atoms with Crippen LogP contribution in [-0.4, -0.2) is 30.7 Å². The van der Waals surface area contributed by atoms with Gasteiger partial charge in [-0.3, -0.25) is 9.89 Å². The Morgan fingerprint density at radius 2 is 1.86 bits per heavy atom. The molecule has 1 aliphatic carbocycles. The van der Waals surface area contributed by atoms with Crippen molar-refractivity contribution >= 4 is 17.0 Å². The highest BCUT2D eigenvalue weighted by Crippen LogP contribution is 2.38. The second-order valence-corrected chi connectivity index (χ2v) is 8.21. The van der Waals surface area contributed by atoms with E-state index in [-0.39, 0.29) is 23.4 Å². The molecule has 2 aromatic rings. The molecule has 1 atom stereocenters. The van der Waals surface area contributed by atoms with Gasteiger partial charge in [0.1, 0.15) is 11.6 Å². The average Bonchev–Trinajstić information content (AvgIpc) is 3.18. The predicted molar refractivity (Wildman–Crippen MR) is 102 cm³/mol. The zero-order chi connectivity index (χ0) is 21.0. The van der Waals surface area contributed by atoms with Crippen molar-refractivity contribution in [2.75, 3.05) is 5.88 Å². The zero-order valence-electron chi connectivity index (χ0n) is 15.5. The Bertz CT molecular complexity index is 860. The highest BCUT2D eigenvalue weighted by molar-refractivity contribution is 7.79. The molecular weight excluding hydrogens is 407 g/mol. The molecule has 3 rings (SSSR count). The van der Waals surface area contributed by atoms with Gasteiger partial charge in [0.25, 0.3) is 0 Å².